The minimum absolute atomic E-state index is 0.851. The Hall–Kier alpha value is 0. The summed E-state index contributed by atoms with van der Waals surface area (Å²) in [5.41, 5.74) is 0. The Balaban J connectivity index is 3.93. The normalized spacial score (nSPS) is 18.3. The highest BCUT2D eigenvalue weighted by atomic mass is 14.3. The molecule has 4 unspecified atom stereocenters. The van der Waals surface area contributed by atoms with E-state index >= 15 is 0 Å². The van der Waals surface area contributed by atoms with Gasteiger partial charge >= 0.3 is 0 Å². The molecule has 0 spiro atoms. The summed E-state index contributed by atoms with van der Waals surface area (Å²) < 4.78 is 0. The second-order valence-electron chi connectivity index (χ2n) is 6.37. The van der Waals surface area contributed by atoms with E-state index in [1.807, 2.05) is 0 Å². The molecule has 0 heterocycles. The van der Waals surface area contributed by atoms with Crippen molar-refractivity contribution in [3.8, 4) is 0 Å². The van der Waals surface area contributed by atoms with Crippen LogP contribution in [0.4, 0.5) is 0 Å². The molecule has 0 rings (SSSR count). The van der Waals surface area contributed by atoms with E-state index in [2.05, 4.69) is 41.5 Å². The molecule has 0 aliphatic carbocycles. The fourth-order valence-electron chi connectivity index (χ4n) is 2.85. The summed E-state index contributed by atoms with van der Waals surface area (Å²) in [5.74, 6) is 3.43. The Bertz CT molecular complexity index is 153. The van der Waals surface area contributed by atoms with E-state index < -0.39 is 0 Å². The van der Waals surface area contributed by atoms with Gasteiger partial charge in [-0.25, -0.2) is 0 Å². The van der Waals surface area contributed by atoms with Gasteiger partial charge < -0.3 is 0 Å². The lowest BCUT2D eigenvalue weighted by Gasteiger charge is -2.31. The van der Waals surface area contributed by atoms with Crippen LogP contribution >= 0.6 is 0 Å². The first-order valence-corrected chi connectivity index (χ1v) is 8.13. The van der Waals surface area contributed by atoms with Gasteiger partial charge in [-0.1, -0.05) is 92.9 Å². The maximum atomic E-state index is 3.93. The third kappa shape index (κ3) is 7.44. The zero-order valence-corrected chi connectivity index (χ0v) is 13.4. The lowest BCUT2D eigenvalue weighted by atomic mass is 9.75. The number of hydrogen-bond donors (Lipinski definition) is 0. The van der Waals surface area contributed by atoms with Crippen molar-refractivity contribution < 1.29 is 0 Å². The zero-order chi connectivity index (χ0) is 14.0. The average Bonchev–Trinajstić information content (AvgIpc) is 2.37. The summed E-state index contributed by atoms with van der Waals surface area (Å²) in [4.78, 5) is 0. The number of rotatable bonds is 11. The minimum Gasteiger partial charge on any atom is -0.0622 e. The van der Waals surface area contributed by atoms with Gasteiger partial charge in [-0.2, -0.15) is 0 Å². The van der Waals surface area contributed by atoms with E-state index in [0.717, 1.165) is 36.5 Å². The van der Waals surface area contributed by atoms with Gasteiger partial charge in [0, 0.05) is 0 Å². The number of hydrogen-bond acceptors (Lipinski definition) is 0. The van der Waals surface area contributed by atoms with Crippen molar-refractivity contribution in [3.63, 3.8) is 0 Å². The fourth-order valence-corrected chi connectivity index (χ4v) is 2.85. The monoisotopic (exact) mass is 252 g/mol. The molecule has 0 saturated heterocycles. The molecule has 0 aromatic heterocycles. The zero-order valence-electron chi connectivity index (χ0n) is 13.4. The molecule has 0 N–H and O–H groups in total. The highest BCUT2D eigenvalue weighted by Crippen LogP contribution is 2.32. The van der Waals surface area contributed by atoms with Crippen molar-refractivity contribution in [2.45, 2.75) is 79.1 Å². The van der Waals surface area contributed by atoms with Crippen molar-refractivity contribution in [2.24, 2.45) is 23.7 Å². The van der Waals surface area contributed by atoms with E-state index in [-0.39, 0.29) is 0 Å². The fraction of sp³-hybridized carbons (Fsp3) is 0.889. The molecule has 2 radical (unpaired) electrons. The summed E-state index contributed by atoms with van der Waals surface area (Å²) in [6.45, 7) is 17.6. The predicted molar refractivity (Wildman–Crippen MR) is 84.3 cm³/mol. The lowest BCUT2D eigenvalue weighted by Crippen LogP contribution is -2.22. The van der Waals surface area contributed by atoms with Gasteiger partial charge in [0.15, 0.2) is 0 Å². The molecule has 18 heavy (non-hydrogen) atoms. The van der Waals surface area contributed by atoms with E-state index in [1.165, 1.54) is 38.5 Å². The molecule has 0 aliphatic rings. The molecule has 4 atom stereocenters. The average molecular weight is 252 g/mol. The topological polar surface area (TPSA) is 0 Å². The molecule has 0 amide bonds. The van der Waals surface area contributed by atoms with Crippen LogP contribution in [-0.4, -0.2) is 0 Å². The molecule has 0 heteroatoms. The summed E-state index contributed by atoms with van der Waals surface area (Å²) in [5, 5.41) is 0. The van der Waals surface area contributed by atoms with Crippen LogP contribution in [0.2, 0.25) is 0 Å². The van der Waals surface area contributed by atoms with Crippen molar-refractivity contribution in [2.75, 3.05) is 0 Å². The van der Waals surface area contributed by atoms with Crippen LogP contribution in [0.1, 0.15) is 79.1 Å². The lowest BCUT2D eigenvalue weighted by molar-refractivity contribution is 0.192. The van der Waals surface area contributed by atoms with E-state index in [0.29, 0.717) is 0 Å². The van der Waals surface area contributed by atoms with Crippen LogP contribution in [-0.2, 0) is 0 Å². The first kappa shape index (κ1) is 18.0. The first-order valence-electron chi connectivity index (χ1n) is 8.13. The highest BCUT2D eigenvalue weighted by molar-refractivity contribution is 4.73. The number of unbranched alkanes of at least 4 members (excludes halogenated alkanes) is 4. The van der Waals surface area contributed by atoms with Crippen molar-refractivity contribution in [1.29, 1.82) is 0 Å². The molecule has 0 nitrogen and oxygen atoms in total. The Morgan fingerprint density at radius 2 is 0.944 bits per heavy atom. The van der Waals surface area contributed by atoms with Crippen molar-refractivity contribution in [1.82, 2.24) is 0 Å². The first-order chi connectivity index (χ1) is 8.54. The second kappa shape index (κ2) is 10.9. The maximum absolute atomic E-state index is 3.93. The predicted octanol–water partition coefficient (Wildman–Crippen LogP) is 6.32. The maximum Gasteiger partial charge on any atom is -0.0389 e. The van der Waals surface area contributed by atoms with Gasteiger partial charge in [0.2, 0.25) is 0 Å². The van der Waals surface area contributed by atoms with Gasteiger partial charge in [0.1, 0.15) is 0 Å². The van der Waals surface area contributed by atoms with Crippen molar-refractivity contribution >= 4 is 0 Å². The van der Waals surface area contributed by atoms with Gasteiger partial charge in [0.05, 0.1) is 0 Å². The van der Waals surface area contributed by atoms with Crippen LogP contribution in [0.15, 0.2) is 0 Å². The minimum atomic E-state index is 0.851. The molecular weight excluding hydrogens is 216 g/mol. The molecular formula is C18H36. The quantitative estimate of drug-likeness (QED) is 0.377. The molecule has 108 valence electrons. The Morgan fingerprint density at radius 3 is 1.22 bits per heavy atom. The standard InChI is InChI=1S/C18H36/c1-7-9-11-13-15(3)17(5)18(6)16(4)14-12-10-8-2/h15-18H,1-2,7-14H2,3-6H3. The van der Waals surface area contributed by atoms with Crippen LogP contribution in [0.3, 0.4) is 0 Å². The molecule has 0 saturated carbocycles. The van der Waals surface area contributed by atoms with Crippen LogP contribution < -0.4 is 0 Å². The Kier molecular flexibility index (Phi) is 10.9. The summed E-state index contributed by atoms with van der Waals surface area (Å²) in [7, 11) is 0. The van der Waals surface area contributed by atoms with E-state index in [1.54, 1.807) is 0 Å². The third-order valence-corrected chi connectivity index (χ3v) is 4.94. The van der Waals surface area contributed by atoms with Gasteiger partial charge in [0.25, 0.3) is 0 Å². The highest BCUT2D eigenvalue weighted by Gasteiger charge is 2.23. The van der Waals surface area contributed by atoms with E-state index in [4.69, 9.17) is 0 Å². The molecule has 0 bridgehead atoms. The summed E-state index contributed by atoms with van der Waals surface area (Å²) in [6, 6.07) is 0. The van der Waals surface area contributed by atoms with E-state index in [9.17, 15) is 0 Å². The smallest absolute Gasteiger partial charge is 0.0389 e. The third-order valence-electron chi connectivity index (χ3n) is 4.94. The van der Waals surface area contributed by atoms with Gasteiger partial charge in [-0.15, -0.1) is 0 Å². The SMILES string of the molecule is [CH2]CCCCC(C)C(C)C(C)C(C)CCCC[CH2]. The summed E-state index contributed by atoms with van der Waals surface area (Å²) >= 11 is 0. The van der Waals surface area contributed by atoms with Crippen molar-refractivity contribution in [3.05, 3.63) is 13.8 Å². The molecule has 0 aromatic rings. The van der Waals surface area contributed by atoms with Crippen LogP contribution in [0.5, 0.6) is 0 Å². The van der Waals surface area contributed by atoms with Crippen LogP contribution in [0, 0.1) is 37.5 Å². The molecule has 0 aromatic carbocycles. The van der Waals surface area contributed by atoms with Gasteiger partial charge in [-0.3, -0.25) is 0 Å². The molecule has 0 fully saturated rings. The Labute approximate surface area is 117 Å². The Morgan fingerprint density at radius 1 is 0.611 bits per heavy atom. The molecule has 0 aliphatic heterocycles. The largest absolute Gasteiger partial charge is 0.0622 e. The second-order valence-corrected chi connectivity index (χ2v) is 6.37. The van der Waals surface area contributed by atoms with Gasteiger partial charge in [-0.05, 0) is 23.7 Å². The summed E-state index contributed by atoms with van der Waals surface area (Å²) in [6.07, 6.45) is 10.3. The van der Waals surface area contributed by atoms with Crippen LogP contribution in [0.25, 0.3) is 0 Å².